The van der Waals surface area contributed by atoms with Crippen LogP contribution in [-0.4, -0.2) is 16.1 Å². The summed E-state index contributed by atoms with van der Waals surface area (Å²) in [7, 11) is 0. The molecule has 0 unspecified atom stereocenters. The maximum absolute atomic E-state index is 13.0. The highest BCUT2D eigenvalue weighted by molar-refractivity contribution is 5.93. The highest BCUT2D eigenvalue weighted by Crippen LogP contribution is 2.47. The molecule has 1 N–H and O–H groups in total. The minimum Gasteiger partial charge on any atom is -0.487 e. The number of carbonyl (C=O) groups excluding carboxylic acids is 1. The van der Waals surface area contributed by atoms with E-state index in [1.54, 1.807) is 0 Å². The Balaban J connectivity index is 1.44. The number of nitrogens with one attached hydrogen (secondary N) is 1. The monoisotopic (exact) mass is 336 g/mol. The standard InChI is InChI=1S/C21H24N2O2/c24-20(18-7-5-13-23(18)15-9-10-15)22-17-14-21(11-3-4-12-21)25-19-8-2-1-6-16(17)19/h1-2,5-8,13,15,17H,3-4,9-12,14H2,(H,22,24)/t17-/m1/s1. The summed E-state index contributed by atoms with van der Waals surface area (Å²) < 4.78 is 8.53. The molecular formula is C21H24N2O2. The summed E-state index contributed by atoms with van der Waals surface area (Å²) in [4.78, 5) is 13.0. The van der Waals surface area contributed by atoms with Crippen LogP contribution in [0.2, 0.25) is 0 Å². The zero-order valence-corrected chi connectivity index (χ0v) is 14.4. The number of benzene rings is 1. The van der Waals surface area contributed by atoms with Crippen LogP contribution < -0.4 is 10.1 Å². The Kier molecular flexibility index (Phi) is 3.40. The minimum atomic E-state index is -0.0925. The quantitative estimate of drug-likeness (QED) is 0.903. The first kappa shape index (κ1) is 15.1. The van der Waals surface area contributed by atoms with E-state index in [-0.39, 0.29) is 17.6 Å². The third-order valence-electron chi connectivity index (χ3n) is 5.97. The van der Waals surface area contributed by atoms with E-state index in [0.717, 1.165) is 36.3 Å². The summed E-state index contributed by atoms with van der Waals surface area (Å²) in [5.74, 6) is 0.977. The Morgan fingerprint density at radius 3 is 2.72 bits per heavy atom. The van der Waals surface area contributed by atoms with Gasteiger partial charge in [-0.3, -0.25) is 4.79 Å². The molecule has 2 fully saturated rings. The van der Waals surface area contributed by atoms with Crippen molar-refractivity contribution in [3.63, 3.8) is 0 Å². The molecule has 1 aromatic heterocycles. The predicted octanol–water partition coefficient (Wildman–Crippen LogP) is 4.39. The van der Waals surface area contributed by atoms with Gasteiger partial charge in [0.25, 0.3) is 5.91 Å². The van der Waals surface area contributed by atoms with Gasteiger partial charge in [-0.25, -0.2) is 0 Å². The van der Waals surface area contributed by atoms with E-state index in [1.807, 2.05) is 36.5 Å². The SMILES string of the molecule is O=C(N[C@@H]1CC2(CCCC2)Oc2ccccc21)c1cccn1C1CC1. The topological polar surface area (TPSA) is 43.3 Å². The van der Waals surface area contributed by atoms with Crippen molar-refractivity contribution in [2.45, 2.75) is 62.6 Å². The predicted molar refractivity (Wildman–Crippen MR) is 95.8 cm³/mol. The Morgan fingerprint density at radius 2 is 1.92 bits per heavy atom. The number of para-hydroxylation sites is 1. The van der Waals surface area contributed by atoms with Crippen LogP contribution in [-0.2, 0) is 0 Å². The van der Waals surface area contributed by atoms with E-state index < -0.39 is 0 Å². The molecule has 4 nitrogen and oxygen atoms in total. The van der Waals surface area contributed by atoms with Crippen molar-refractivity contribution in [1.82, 2.24) is 9.88 Å². The van der Waals surface area contributed by atoms with Gasteiger partial charge in [0.05, 0.1) is 6.04 Å². The first-order valence-corrected chi connectivity index (χ1v) is 9.50. The smallest absolute Gasteiger partial charge is 0.268 e. The van der Waals surface area contributed by atoms with Crippen molar-refractivity contribution in [2.24, 2.45) is 0 Å². The third-order valence-corrected chi connectivity index (χ3v) is 5.97. The lowest BCUT2D eigenvalue weighted by Crippen LogP contribution is -2.43. The van der Waals surface area contributed by atoms with Gasteiger partial charge in [0, 0.05) is 24.2 Å². The minimum absolute atomic E-state index is 0.0260. The van der Waals surface area contributed by atoms with Crippen molar-refractivity contribution in [2.75, 3.05) is 0 Å². The van der Waals surface area contributed by atoms with Gasteiger partial charge in [0.1, 0.15) is 17.0 Å². The van der Waals surface area contributed by atoms with Gasteiger partial charge in [-0.05, 0) is 56.7 Å². The van der Waals surface area contributed by atoms with Gasteiger partial charge < -0.3 is 14.6 Å². The molecule has 1 spiro atoms. The first-order chi connectivity index (χ1) is 12.2. The Labute approximate surface area is 148 Å². The van der Waals surface area contributed by atoms with Gasteiger partial charge in [0.15, 0.2) is 0 Å². The van der Waals surface area contributed by atoms with E-state index >= 15 is 0 Å². The Morgan fingerprint density at radius 1 is 1.12 bits per heavy atom. The number of fused-ring (bicyclic) bond motifs is 1. The zero-order valence-electron chi connectivity index (χ0n) is 14.4. The second kappa shape index (κ2) is 5.65. The van der Waals surface area contributed by atoms with E-state index in [1.165, 1.54) is 25.7 Å². The number of rotatable bonds is 3. The number of hydrogen-bond donors (Lipinski definition) is 1. The number of carbonyl (C=O) groups is 1. The maximum atomic E-state index is 13.0. The van der Waals surface area contributed by atoms with Crippen LogP contribution in [0.15, 0.2) is 42.6 Å². The first-order valence-electron chi connectivity index (χ1n) is 9.50. The highest BCUT2D eigenvalue weighted by Gasteiger charge is 2.43. The number of aromatic nitrogens is 1. The molecule has 1 atom stereocenters. The van der Waals surface area contributed by atoms with Crippen molar-refractivity contribution < 1.29 is 9.53 Å². The number of amides is 1. The summed E-state index contributed by atoms with van der Waals surface area (Å²) in [6, 6.07) is 12.6. The molecule has 2 heterocycles. The normalized spacial score (nSPS) is 23.9. The number of nitrogens with zero attached hydrogens (tertiary/aromatic N) is 1. The fourth-order valence-corrected chi connectivity index (χ4v) is 4.56. The molecule has 5 rings (SSSR count). The summed E-state index contributed by atoms with van der Waals surface area (Å²) in [6.07, 6.45) is 9.87. The molecule has 2 aliphatic carbocycles. The second-order valence-electron chi connectivity index (χ2n) is 7.79. The van der Waals surface area contributed by atoms with E-state index in [0.29, 0.717) is 6.04 Å². The van der Waals surface area contributed by atoms with Crippen LogP contribution in [0.4, 0.5) is 0 Å². The lowest BCUT2D eigenvalue weighted by Gasteiger charge is -2.40. The lowest BCUT2D eigenvalue weighted by molar-refractivity contribution is 0.0359. The van der Waals surface area contributed by atoms with Gasteiger partial charge in [-0.1, -0.05) is 18.2 Å². The van der Waals surface area contributed by atoms with Crippen LogP contribution in [0, 0.1) is 0 Å². The van der Waals surface area contributed by atoms with E-state index in [4.69, 9.17) is 4.74 Å². The third kappa shape index (κ3) is 2.64. The lowest BCUT2D eigenvalue weighted by atomic mass is 9.86. The zero-order chi connectivity index (χ0) is 16.9. The molecule has 2 aromatic rings. The molecule has 0 bridgehead atoms. The van der Waals surface area contributed by atoms with Crippen molar-refractivity contribution in [3.8, 4) is 5.75 Å². The molecular weight excluding hydrogens is 312 g/mol. The van der Waals surface area contributed by atoms with Crippen LogP contribution in [0.5, 0.6) is 5.75 Å². The Hall–Kier alpha value is -2.23. The van der Waals surface area contributed by atoms with Crippen molar-refractivity contribution in [1.29, 1.82) is 0 Å². The van der Waals surface area contributed by atoms with Crippen LogP contribution in [0.1, 0.15) is 73.1 Å². The fraction of sp³-hybridized carbons (Fsp3) is 0.476. The summed E-state index contributed by atoms with van der Waals surface area (Å²) in [6.45, 7) is 0. The largest absolute Gasteiger partial charge is 0.487 e. The molecule has 0 saturated heterocycles. The second-order valence-corrected chi connectivity index (χ2v) is 7.79. The van der Waals surface area contributed by atoms with E-state index in [9.17, 15) is 4.79 Å². The molecule has 130 valence electrons. The number of ether oxygens (including phenoxy) is 1. The summed E-state index contributed by atoms with van der Waals surface area (Å²) >= 11 is 0. The summed E-state index contributed by atoms with van der Waals surface area (Å²) in [5, 5.41) is 3.31. The average molecular weight is 336 g/mol. The molecule has 1 aliphatic heterocycles. The molecule has 0 radical (unpaired) electrons. The van der Waals surface area contributed by atoms with Gasteiger partial charge in [-0.15, -0.1) is 0 Å². The fourth-order valence-electron chi connectivity index (χ4n) is 4.56. The number of hydrogen-bond acceptors (Lipinski definition) is 2. The molecule has 2 saturated carbocycles. The highest BCUT2D eigenvalue weighted by atomic mass is 16.5. The van der Waals surface area contributed by atoms with Gasteiger partial charge in [-0.2, -0.15) is 0 Å². The molecule has 3 aliphatic rings. The molecule has 4 heteroatoms. The van der Waals surface area contributed by atoms with Crippen LogP contribution >= 0.6 is 0 Å². The van der Waals surface area contributed by atoms with Crippen molar-refractivity contribution in [3.05, 3.63) is 53.9 Å². The van der Waals surface area contributed by atoms with Crippen LogP contribution in [0.3, 0.4) is 0 Å². The molecule has 1 aromatic carbocycles. The maximum Gasteiger partial charge on any atom is 0.268 e. The van der Waals surface area contributed by atoms with E-state index in [2.05, 4.69) is 16.0 Å². The summed E-state index contributed by atoms with van der Waals surface area (Å²) in [5.41, 5.74) is 1.80. The molecule has 1 amide bonds. The van der Waals surface area contributed by atoms with Gasteiger partial charge >= 0.3 is 0 Å². The Bertz CT molecular complexity index is 800. The molecule has 25 heavy (non-hydrogen) atoms. The van der Waals surface area contributed by atoms with Gasteiger partial charge in [0.2, 0.25) is 0 Å². The van der Waals surface area contributed by atoms with Crippen molar-refractivity contribution >= 4 is 5.91 Å². The average Bonchev–Trinajstić information content (AvgIpc) is 3.17. The van der Waals surface area contributed by atoms with Crippen LogP contribution in [0.25, 0.3) is 0 Å².